The Hall–Kier alpha value is -4.44. The summed E-state index contributed by atoms with van der Waals surface area (Å²) in [6, 6.07) is 13.2. The predicted molar refractivity (Wildman–Crippen MR) is 142 cm³/mol. The van der Waals surface area contributed by atoms with Crippen LogP contribution in [0.2, 0.25) is 0 Å². The first-order chi connectivity index (χ1) is 18.1. The Kier molecular flexibility index (Phi) is 5.93. The number of hydrogen-bond acceptors (Lipinski definition) is 8. The number of likely N-dealkylation sites (tertiary alicyclic amines) is 1. The molecule has 188 valence electrons. The molecule has 0 unspecified atom stereocenters. The fourth-order valence-corrected chi connectivity index (χ4v) is 4.63. The zero-order chi connectivity index (χ0) is 25.4. The van der Waals surface area contributed by atoms with E-state index in [1.807, 2.05) is 42.5 Å². The van der Waals surface area contributed by atoms with Crippen molar-refractivity contribution in [2.24, 2.45) is 0 Å². The molecule has 0 saturated carbocycles. The average Bonchev–Trinajstić information content (AvgIpc) is 3.48. The van der Waals surface area contributed by atoms with Gasteiger partial charge in [-0.05, 0) is 44.2 Å². The number of pyridine rings is 1. The van der Waals surface area contributed by atoms with E-state index in [9.17, 15) is 4.79 Å². The van der Waals surface area contributed by atoms with E-state index < -0.39 is 0 Å². The van der Waals surface area contributed by atoms with E-state index in [0.29, 0.717) is 28.7 Å². The molecule has 10 heteroatoms. The third-order valence-electron chi connectivity index (χ3n) is 6.57. The Morgan fingerprint density at radius 1 is 1.19 bits per heavy atom. The number of nitrogens with zero attached hydrogens (tertiary/aromatic N) is 6. The SMILES string of the molecule is C=CCn1c(=O)c2cnc(Nc3ccc4ccoc4c3)nc2n1-c1cccc(OC2CCN(C)CC2)n1. The fraction of sp³-hybridized carbons (Fsp3) is 0.259. The first-order valence-electron chi connectivity index (χ1n) is 12.3. The van der Waals surface area contributed by atoms with Gasteiger partial charge in [-0.15, -0.1) is 6.58 Å². The lowest BCUT2D eigenvalue weighted by atomic mass is 10.1. The maximum atomic E-state index is 13.2. The summed E-state index contributed by atoms with van der Waals surface area (Å²) in [5.41, 5.74) is 1.74. The molecule has 0 atom stereocenters. The van der Waals surface area contributed by atoms with Crippen molar-refractivity contribution in [3.8, 4) is 11.7 Å². The quantitative estimate of drug-likeness (QED) is 0.335. The molecule has 0 radical (unpaired) electrons. The van der Waals surface area contributed by atoms with Crippen molar-refractivity contribution in [3.05, 3.63) is 77.9 Å². The number of furan rings is 1. The van der Waals surface area contributed by atoms with Crippen molar-refractivity contribution in [3.63, 3.8) is 0 Å². The van der Waals surface area contributed by atoms with Crippen molar-refractivity contribution in [1.82, 2.24) is 29.2 Å². The summed E-state index contributed by atoms with van der Waals surface area (Å²) >= 11 is 0. The summed E-state index contributed by atoms with van der Waals surface area (Å²) < 4.78 is 14.9. The van der Waals surface area contributed by atoms with E-state index in [0.717, 1.165) is 42.6 Å². The highest BCUT2D eigenvalue weighted by Gasteiger charge is 2.21. The Morgan fingerprint density at radius 2 is 2.05 bits per heavy atom. The standard InChI is InChI=1S/C27H27N7O3/c1-3-12-33-26(35)21-17-28-27(29-19-8-7-18-11-15-36-22(18)16-19)31-25(21)34(33)23-5-4-6-24(30-23)37-20-9-13-32(2)14-10-20/h3-8,11,15-17,20H,1,9-10,12-14H2,2H3,(H,28,29,31). The molecule has 6 rings (SSSR count). The average molecular weight is 498 g/mol. The molecular formula is C27H27N7O3. The molecule has 5 heterocycles. The van der Waals surface area contributed by atoms with Crippen LogP contribution in [-0.4, -0.2) is 55.5 Å². The maximum Gasteiger partial charge on any atom is 0.278 e. The molecule has 1 aliphatic heterocycles. The lowest BCUT2D eigenvalue weighted by Crippen LogP contribution is -2.35. The summed E-state index contributed by atoms with van der Waals surface area (Å²) in [4.78, 5) is 29.4. The van der Waals surface area contributed by atoms with E-state index in [1.54, 1.807) is 21.7 Å². The van der Waals surface area contributed by atoms with Gasteiger partial charge in [-0.2, -0.15) is 9.97 Å². The molecule has 0 aliphatic carbocycles. The molecule has 0 spiro atoms. The summed E-state index contributed by atoms with van der Waals surface area (Å²) in [7, 11) is 2.12. The molecule has 1 aliphatic rings. The second-order valence-corrected chi connectivity index (χ2v) is 9.17. The molecule has 5 aromatic rings. The number of anilines is 2. The third kappa shape index (κ3) is 4.47. The number of fused-ring (bicyclic) bond motifs is 2. The van der Waals surface area contributed by atoms with Crippen molar-refractivity contribution >= 4 is 33.6 Å². The molecule has 1 saturated heterocycles. The van der Waals surface area contributed by atoms with Crippen LogP contribution in [0, 0.1) is 0 Å². The summed E-state index contributed by atoms with van der Waals surface area (Å²) in [5, 5.41) is 4.60. The molecule has 37 heavy (non-hydrogen) atoms. The van der Waals surface area contributed by atoms with Gasteiger partial charge in [0, 0.05) is 42.5 Å². The van der Waals surface area contributed by atoms with Crippen LogP contribution in [0.25, 0.3) is 27.8 Å². The fourth-order valence-electron chi connectivity index (χ4n) is 4.63. The Morgan fingerprint density at radius 3 is 2.89 bits per heavy atom. The highest BCUT2D eigenvalue weighted by molar-refractivity contribution is 5.82. The predicted octanol–water partition coefficient (Wildman–Crippen LogP) is 4.13. The Balaban J connectivity index is 1.38. The normalized spacial score (nSPS) is 14.8. The zero-order valence-electron chi connectivity index (χ0n) is 20.5. The molecular weight excluding hydrogens is 470 g/mol. The van der Waals surface area contributed by atoms with Gasteiger partial charge in [0.25, 0.3) is 5.56 Å². The van der Waals surface area contributed by atoms with Crippen molar-refractivity contribution in [1.29, 1.82) is 0 Å². The van der Waals surface area contributed by atoms with E-state index in [4.69, 9.17) is 19.1 Å². The third-order valence-corrected chi connectivity index (χ3v) is 6.57. The monoisotopic (exact) mass is 497 g/mol. The van der Waals surface area contributed by atoms with Gasteiger partial charge in [0.2, 0.25) is 11.8 Å². The number of aromatic nitrogens is 5. The number of rotatable bonds is 7. The summed E-state index contributed by atoms with van der Waals surface area (Å²) in [6.45, 7) is 6.09. The minimum atomic E-state index is -0.220. The number of benzene rings is 1. The van der Waals surface area contributed by atoms with E-state index in [-0.39, 0.29) is 18.2 Å². The van der Waals surface area contributed by atoms with E-state index >= 15 is 0 Å². The number of piperidine rings is 1. The molecule has 10 nitrogen and oxygen atoms in total. The lowest BCUT2D eigenvalue weighted by molar-refractivity contribution is 0.110. The topological polar surface area (TPSA) is 103 Å². The molecule has 4 aromatic heterocycles. The van der Waals surface area contributed by atoms with Gasteiger partial charge in [0.05, 0.1) is 12.8 Å². The largest absolute Gasteiger partial charge is 0.474 e. The second kappa shape index (κ2) is 9.55. The number of allylic oxidation sites excluding steroid dienone is 1. The van der Waals surface area contributed by atoms with Crippen LogP contribution >= 0.6 is 0 Å². The molecule has 0 amide bonds. The second-order valence-electron chi connectivity index (χ2n) is 9.17. The molecule has 1 fully saturated rings. The highest BCUT2D eigenvalue weighted by Crippen LogP contribution is 2.24. The molecule has 0 bridgehead atoms. The summed E-state index contributed by atoms with van der Waals surface area (Å²) in [5.74, 6) is 1.40. The van der Waals surface area contributed by atoms with Gasteiger partial charge < -0.3 is 19.4 Å². The summed E-state index contributed by atoms with van der Waals surface area (Å²) in [6.07, 6.45) is 6.86. The smallest absolute Gasteiger partial charge is 0.278 e. The zero-order valence-corrected chi connectivity index (χ0v) is 20.5. The number of nitrogens with one attached hydrogen (secondary N) is 1. The van der Waals surface area contributed by atoms with Crippen LogP contribution in [0.15, 0.2) is 76.8 Å². The van der Waals surface area contributed by atoms with Crippen LogP contribution in [-0.2, 0) is 6.54 Å². The molecule has 1 aromatic carbocycles. The van der Waals surface area contributed by atoms with E-state index in [1.165, 1.54) is 6.20 Å². The van der Waals surface area contributed by atoms with Gasteiger partial charge in [0.1, 0.15) is 17.1 Å². The highest BCUT2D eigenvalue weighted by atomic mass is 16.5. The van der Waals surface area contributed by atoms with E-state index in [2.05, 4.69) is 28.8 Å². The first kappa shape index (κ1) is 23.0. The minimum absolute atomic E-state index is 0.111. The van der Waals surface area contributed by atoms with Gasteiger partial charge in [-0.1, -0.05) is 12.1 Å². The maximum absolute atomic E-state index is 13.2. The van der Waals surface area contributed by atoms with Gasteiger partial charge in [0.15, 0.2) is 11.5 Å². The Bertz CT molecular complexity index is 1640. The van der Waals surface area contributed by atoms with Crippen LogP contribution in [0.3, 0.4) is 0 Å². The first-order valence-corrected chi connectivity index (χ1v) is 12.3. The van der Waals surface area contributed by atoms with Gasteiger partial charge in [-0.3, -0.25) is 4.79 Å². The van der Waals surface area contributed by atoms with Crippen LogP contribution < -0.4 is 15.6 Å². The molecule has 1 N–H and O–H groups in total. The van der Waals surface area contributed by atoms with Gasteiger partial charge >= 0.3 is 0 Å². The number of hydrogen-bond donors (Lipinski definition) is 1. The Labute approximate surface area is 212 Å². The van der Waals surface area contributed by atoms with Crippen LogP contribution in [0.1, 0.15) is 12.8 Å². The van der Waals surface area contributed by atoms with Crippen molar-refractivity contribution < 1.29 is 9.15 Å². The van der Waals surface area contributed by atoms with Crippen molar-refractivity contribution in [2.45, 2.75) is 25.5 Å². The van der Waals surface area contributed by atoms with Crippen molar-refractivity contribution in [2.75, 3.05) is 25.5 Å². The van der Waals surface area contributed by atoms with Crippen LogP contribution in [0.5, 0.6) is 5.88 Å². The van der Waals surface area contributed by atoms with Crippen LogP contribution in [0.4, 0.5) is 11.6 Å². The number of ether oxygens (including phenoxy) is 1. The minimum Gasteiger partial charge on any atom is -0.474 e. The van der Waals surface area contributed by atoms with Gasteiger partial charge in [-0.25, -0.2) is 14.3 Å². The lowest BCUT2D eigenvalue weighted by Gasteiger charge is -2.29.